The molecule has 0 saturated carbocycles. The van der Waals surface area contributed by atoms with Gasteiger partial charge in [0.2, 0.25) is 0 Å². The molecule has 3 rings (SSSR count). The molecule has 2 aromatic rings. The van der Waals surface area contributed by atoms with E-state index in [2.05, 4.69) is 10.5 Å². The largest absolute Gasteiger partial charge is 0.393 e. The molecule has 1 aromatic carbocycles. The number of amides is 2. The first-order chi connectivity index (χ1) is 11.9. The van der Waals surface area contributed by atoms with Gasteiger partial charge in [-0.15, -0.1) is 0 Å². The lowest BCUT2D eigenvalue weighted by atomic mass is 9.98. The molecule has 1 N–H and O–H groups in total. The summed E-state index contributed by atoms with van der Waals surface area (Å²) in [6.07, 6.45) is -3.86. The predicted molar refractivity (Wildman–Crippen MR) is 84.5 cm³/mol. The van der Waals surface area contributed by atoms with Crippen LogP contribution in [0.25, 0.3) is 11.3 Å². The zero-order chi connectivity index (χ0) is 17.9. The maximum Gasteiger partial charge on any atom is 0.393 e. The van der Waals surface area contributed by atoms with Crippen molar-refractivity contribution in [2.24, 2.45) is 5.92 Å². The van der Waals surface area contributed by atoms with E-state index in [1.54, 1.807) is 6.07 Å². The third-order valence-corrected chi connectivity index (χ3v) is 4.21. The molecular weight excluding hydrogens is 335 g/mol. The molecule has 2 amide bonds. The minimum Gasteiger partial charge on any atom is -0.359 e. The van der Waals surface area contributed by atoms with Crippen LogP contribution in [0, 0.1) is 5.92 Å². The minimum atomic E-state index is -4.27. The Labute approximate surface area is 142 Å². The Kier molecular flexibility index (Phi) is 4.96. The normalized spacial score (nSPS) is 18.2. The van der Waals surface area contributed by atoms with E-state index in [-0.39, 0.29) is 19.5 Å². The first-order valence-electron chi connectivity index (χ1n) is 8.04. The minimum absolute atomic E-state index is 0.0653. The van der Waals surface area contributed by atoms with Crippen LogP contribution in [0.5, 0.6) is 0 Å². The summed E-state index contributed by atoms with van der Waals surface area (Å²) < 4.78 is 43.6. The molecule has 1 aliphatic rings. The summed E-state index contributed by atoms with van der Waals surface area (Å²) in [6.45, 7) is 0.0942. The van der Waals surface area contributed by atoms with Crippen molar-refractivity contribution in [2.45, 2.75) is 25.6 Å². The fourth-order valence-electron chi connectivity index (χ4n) is 2.84. The highest BCUT2D eigenvalue weighted by Crippen LogP contribution is 2.33. The van der Waals surface area contributed by atoms with Gasteiger partial charge in [0.05, 0.1) is 12.5 Å². The van der Waals surface area contributed by atoms with Crippen LogP contribution >= 0.6 is 0 Å². The number of likely N-dealkylation sites (tertiary alicyclic amines) is 1. The smallest absolute Gasteiger partial charge is 0.359 e. The lowest BCUT2D eigenvalue weighted by molar-refractivity contribution is -0.184. The van der Waals surface area contributed by atoms with E-state index in [1.807, 2.05) is 30.3 Å². The number of piperidine rings is 1. The third kappa shape index (κ3) is 4.32. The summed E-state index contributed by atoms with van der Waals surface area (Å²) >= 11 is 0. The third-order valence-electron chi connectivity index (χ3n) is 4.21. The Bertz CT molecular complexity index is 715. The van der Waals surface area contributed by atoms with Gasteiger partial charge in [-0.1, -0.05) is 35.5 Å². The number of nitrogens with zero attached hydrogens (tertiary/aromatic N) is 2. The summed E-state index contributed by atoms with van der Waals surface area (Å²) in [4.78, 5) is 13.3. The number of halogens is 3. The Hall–Kier alpha value is -2.51. The van der Waals surface area contributed by atoms with Crippen molar-refractivity contribution in [3.8, 4) is 11.3 Å². The van der Waals surface area contributed by atoms with Gasteiger partial charge in [-0.05, 0) is 12.8 Å². The molecule has 25 heavy (non-hydrogen) atoms. The highest BCUT2D eigenvalue weighted by molar-refractivity contribution is 5.74. The van der Waals surface area contributed by atoms with Crippen LogP contribution in [-0.2, 0) is 6.54 Å². The number of nitrogens with one attached hydrogen (secondary N) is 1. The zero-order valence-electron chi connectivity index (χ0n) is 13.4. The number of rotatable bonds is 3. The lowest BCUT2D eigenvalue weighted by Crippen LogP contribution is -2.48. The van der Waals surface area contributed by atoms with Gasteiger partial charge in [0.25, 0.3) is 0 Å². The monoisotopic (exact) mass is 353 g/mol. The number of alkyl halides is 3. The molecule has 1 atom stereocenters. The molecule has 134 valence electrons. The van der Waals surface area contributed by atoms with Gasteiger partial charge in [0.15, 0.2) is 5.76 Å². The van der Waals surface area contributed by atoms with Crippen LogP contribution in [0.15, 0.2) is 40.9 Å². The number of benzene rings is 1. The van der Waals surface area contributed by atoms with Crippen molar-refractivity contribution in [3.63, 3.8) is 0 Å². The van der Waals surface area contributed by atoms with Gasteiger partial charge >= 0.3 is 12.2 Å². The molecule has 8 heteroatoms. The van der Waals surface area contributed by atoms with E-state index >= 15 is 0 Å². The van der Waals surface area contributed by atoms with Crippen molar-refractivity contribution in [1.82, 2.24) is 15.4 Å². The van der Waals surface area contributed by atoms with E-state index in [0.29, 0.717) is 24.4 Å². The molecule has 1 unspecified atom stereocenters. The van der Waals surface area contributed by atoms with Crippen molar-refractivity contribution in [3.05, 3.63) is 42.2 Å². The fourth-order valence-corrected chi connectivity index (χ4v) is 2.84. The van der Waals surface area contributed by atoms with Crippen LogP contribution in [0.4, 0.5) is 18.0 Å². The van der Waals surface area contributed by atoms with Crippen LogP contribution in [-0.4, -0.2) is 35.4 Å². The molecule has 0 spiro atoms. The number of urea groups is 1. The van der Waals surface area contributed by atoms with Gasteiger partial charge < -0.3 is 14.7 Å². The predicted octanol–water partition coefficient (Wildman–Crippen LogP) is 3.83. The average molecular weight is 353 g/mol. The summed E-state index contributed by atoms with van der Waals surface area (Å²) in [6, 6.07) is 10.6. The Morgan fingerprint density at radius 1 is 1.32 bits per heavy atom. The Balaban J connectivity index is 1.55. The topological polar surface area (TPSA) is 58.4 Å². The fraction of sp³-hybridized carbons (Fsp3) is 0.412. The van der Waals surface area contributed by atoms with Gasteiger partial charge in [-0.25, -0.2) is 4.79 Å². The molecule has 5 nitrogen and oxygen atoms in total. The van der Waals surface area contributed by atoms with Crippen molar-refractivity contribution >= 4 is 6.03 Å². The van der Waals surface area contributed by atoms with E-state index in [9.17, 15) is 18.0 Å². The molecule has 2 heterocycles. The zero-order valence-corrected chi connectivity index (χ0v) is 13.4. The molecule has 1 aromatic heterocycles. The summed E-state index contributed by atoms with van der Waals surface area (Å²) in [5.41, 5.74) is 1.52. The number of carbonyl (C=O) groups is 1. The standard InChI is InChI=1S/C17H18F3N3O2/c18-17(19,20)13-7-4-8-23(11-13)16(24)21-10-14-9-15(22-25-14)12-5-2-1-3-6-12/h1-3,5-6,9,13H,4,7-8,10-11H2,(H,21,24). The molecule has 0 bridgehead atoms. The first kappa shape index (κ1) is 17.3. The lowest BCUT2D eigenvalue weighted by Gasteiger charge is -2.33. The average Bonchev–Trinajstić information content (AvgIpc) is 3.09. The van der Waals surface area contributed by atoms with Gasteiger partial charge in [0, 0.05) is 24.7 Å². The van der Waals surface area contributed by atoms with Crippen LogP contribution in [0.3, 0.4) is 0 Å². The second-order valence-corrected chi connectivity index (χ2v) is 6.03. The van der Waals surface area contributed by atoms with Gasteiger partial charge in [0.1, 0.15) is 5.69 Å². The summed E-state index contributed by atoms with van der Waals surface area (Å²) in [7, 11) is 0. The SMILES string of the molecule is O=C(NCc1cc(-c2ccccc2)no1)N1CCCC(C(F)(F)F)C1. The summed E-state index contributed by atoms with van der Waals surface area (Å²) in [5.74, 6) is -1.02. The first-order valence-corrected chi connectivity index (χ1v) is 8.04. The second kappa shape index (κ2) is 7.16. The van der Waals surface area contributed by atoms with E-state index in [0.717, 1.165) is 5.56 Å². The molecule has 1 fully saturated rings. The molecular formula is C17H18F3N3O2. The summed E-state index contributed by atoms with van der Waals surface area (Å²) in [5, 5.41) is 6.52. The van der Waals surface area contributed by atoms with Crippen LogP contribution in [0.2, 0.25) is 0 Å². The number of aromatic nitrogens is 1. The number of carbonyl (C=O) groups excluding carboxylic acids is 1. The number of hydrogen-bond donors (Lipinski definition) is 1. The Morgan fingerprint density at radius 3 is 2.80 bits per heavy atom. The van der Waals surface area contributed by atoms with Crippen LogP contribution < -0.4 is 5.32 Å². The Morgan fingerprint density at radius 2 is 2.08 bits per heavy atom. The van der Waals surface area contributed by atoms with E-state index in [1.165, 1.54) is 4.90 Å². The van der Waals surface area contributed by atoms with Crippen LogP contribution in [0.1, 0.15) is 18.6 Å². The quantitative estimate of drug-likeness (QED) is 0.912. The van der Waals surface area contributed by atoms with Crippen molar-refractivity contribution in [1.29, 1.82) is 0 Å². The van der Waals surface area contributed by atoms with E-state index in [4.69, 9.17) is 4.52 Å². The number of hydrogen-bond acceptors (Lipinski definition) is 3. The highest BCUT2D eigenvalue weighted by Gasteiger charge is 2.42. The van der Waals surface area contributed by atoms with Gasteiger partial charge in [-0.2, -0.15) is 13.2 Å². The second-order valence-electron chi connectivity index (χ2n) is 6.03. The highest BCUT2D eigenvalue weighted by atomic mass is 19.4. The molecule has 1 aliphatic heterocycles. The van der Waals surface area contributed by atoms with E-state index < -0.39 is 18.1 Å². The maximum atomic E-state index is 12.8. The molecule has 0 radical (unpaired) electrons. The van der Waals surface area contributed by atoms with Crippen molar-refractivity contribution < 1.29 is 22.5 Å². The maximum absolute atomic E-state index is 12.8. The molecule has 1 saturated heterocycles. The van der Waals surface area contributed by atoms with Crippen molar-refractivity contribution in [2.75, 3.05) is 13.1 Å². The molecule has 0 aliphatic carbocycles. The van der Waals surface area contributed by atoms with Gasteiger partial charge in [-0.3, -0.25) is 0 Å².